The summed E-state index contributed by atoms with van der Waals surface area (Å²) in [6, 6.07) is 3.29. The Morgan fingerprint density at radius 3 is 2.18 bits per heavy atom. The minimum Gasteiger partial charge on any atom is -0.447 e. The number of amides is 2. The van der Waals surface area contributed by atoms with Crippen LogP contribution in [0.15, 0.2) is 18.2 Å². The highest BCUT2D eigenvalue weighted by Crippen LogP contribution is 2.27. The smallest absolute Gasteiger partial charge is 0.408 e. The molecule has 0 saturated heterocycles. The molecule has 2 rings (SSSR count). The molecule has 2 aromatic rings. The van der Waals surface area contributed by atoms with Crippen molar-refractivity contribution < 1.29 is 18.7 Å². The third kappa shape index (κ3) is 9.68. The van der Waals surface area contributed by atoms with Crippen molar-refractivity contribution in [2.45, 2.75) is 52.8 Å². The number of guanidine groups is 2. The number of carbonyl (C=O) groups excluding carboxylic acids is 2. The van der Waals surface area contributed by atoms with Gasteiger partial charge in [-0.05, 0) is 44.9 Å². The predicted octanol–water partition coefficient (Wildman–Crippen LogP) is 2.13. The topological polar surface area (TPSA) is 192 Å². The summed E-state index contributed by atoms with van der Waals surface area (Å²) in [6.07, 6.45) is -0.898. The van der Waals surface area contributed by atoms with Gasteiger partial charge in [0.05, 0.1) is 22.4 Å². The monoisotopic (exact) mass is 482 g/mol. The average molecular weight is 483 g/mol. The molecule has 0 spiro atoms. The molecule has 2 amide bonds. The van der Waals surface area contributed by atoms with Gasteiger partial charge in [0, 0.05) is 0 Å². The second kappa shape index (κ2) is 12.5. The van der Waals surface area contributed by atoms with Crippen molar-refractivity contribution in [2.24, 2.45) is 17.4 Å². The number of nitrogens with two attached hydrogens (primary N) is 2. The average Bonchev–Trinajstić information content (AvgIpc) is 3.07. The normalized spacial score (nSPS) is 12.4. The largest absolute Gasteiger partial charge is 0.447 e. The number of nitrogens with one attached hydrogen (secondary N) is 5. The summed E-state index contributed by atoms with van der Waals surface area (Å²) in [7, 11) is 0. The van der Waals surface area contributed by atoms with Crippen LogP contribution in [0.3, 0.4) is 0 Å². The Labute approximate surface area is 195 Å². The molecule has 33 heavy (non-hydrogen) atoms. The van der Waals surface area contributed by atoms with Gasteiger partial charge in [0.25, 0.3) is 0 Å². The van der Waals surface area contributed by atoms with Gasteiger partial charge in [0.15, 0.2) is 11.9 Å². The van der Waals surface area contributed by atoms with Crippen molar-refractivity contribution >= 4 is 45.5 Å². The van der Waals surface area contributed by atoms with Crippen molar-refractivity contribution in [3.63, 3.8) is 0 Å². The fourth-order valence-electron chi connectivity index (χ4n) is 2.52. The van der Waals surface area contributed by atoms with Gasteiger partial charge < -0.3 is 26.8 Å². The molecule has 0 aliphatic carbocycles. The van der Waals surface area contributed by atoms with Gasteiger partial charge in [0.2, 0.25) is 5.91 Å². The van der Waals surface area contributed by atoms with E-state index in [0.717, 1.165) is 4.70 Å². The molecule has 0 aliphatic rings. The molecular weight excluding hydrogens is 451 g/mol. The number of halogens is 1. The molecule has 0 bridgehead atoms. The molecule has 1 aromatic heterocycles. The maximum atomic E-state index is 13.3. The van der Waals surface area contributed by atoms with E-state index in [2.05, 4.69) is 15.6 Å². The zero-order chi connectivity index (χ0) is 25.3. The first-order valence-electron chi connectivity index (χ1n) is 10.1. The standard InChI is InChI=1S/C18H24FN3O3S.C2H7N5/c1-9(2)15(22-18(24)25-10(3)4)16(23)20-11(5)17-21-13-7-6-12(19)8-14(13)26-17;3-1(4)7-2(5)6/h6-11,15H,1-5H3,(H,20,23)(H,22,24);(H7,3,4,5,6,7)/t11-,15+;/m1./s1. The van der Waals surface area contributed by atoms with Gasteiger partial charge in [-0.25, -0.2) is 14.2 Å². The summed E-state index contributed by atoms with van der Waals surface area (Å²) >= 11 is 1.33. The highest BCUT2D eigenvalue weighted by molar-refractivity contribution is 7.18. The zero-order valence-electron chi connectivity index (χ0n) is 19.2. The summed E-state index contributed by atoms with van der Waals surface area (Å²) < 4.78 is 19.1. The van der Waals surface area contributed by atoms with Gasteiger partial charge in [-0.2, -0.15) is 0 Å². The van der Waals surface area contributed by atoms with Crippen LogP contribution in [0.5, 0.6) is 0 Å². The fraction of sp³-hybridized carbons (Fsp3) is 0.450. The molecule has 0 unspecified atom stereocenters. The Balaban J connectivity index is 0.000000675. The molecule has 0 aliphatic heterocycles. The minimum absolute atomic E-state index is 0.119. The summed E-state index contributed by atoms with van der Waals surface area (Å²) in [6.45, 7) is 8.95. The van der Waals surface area contributed by atoms with E-state index in [1.807, 2.05) is 19.2 Å². The van der Waals surface area contributed by atoms with Gasteiger partial charge in [-0.1, -0.05) is 13.8 Å². The number of hydrogen-bond acceptors (Lipinski definition) is 7. The number of nitrogens with zero attached hydrogens (tertiary/aromatic N) is 1. The van der Waals surface area contributed by atoms with E-state index in [-0.39, 0.29) is 41.7 Å². The molecular formula is C20H31FN8O3S. The Bertz CT molecular complexity index is 983. The van der Waals surface area contributed by atoms with Crippen LogP contribution in [0.4, 0.5) is 9.18 Å². The molecule has 11 nitrogen and oxygen atoms in total. The van der Waals surface area contributed by atoms with Crippen LogP contribution < -0.4 is 27.4 Å². The number of aromatic nitrogens is 1. The van der Waals surface area contributed by atoms with Crippen LogP contribution in [0.2, 0.25) is 0 Å². The van der Waals surface area contributed by atoms with Crippen molar-refractivity contribution in [3.8, 4) is 0 Å². The summed E-state index contributed by atoms with van der Waals surface area (Å²) in [5.74, 6) is -1.39. The van der Waals surface area contributed by atoms with Crippen molar-refractivity contribution in [1.29, 1.82) is 10.8 Å². The maximum absolute atomic E-state index is 13.3. The lowest BCUT2D eigenvalue weighted by atomic mass is 10.0. The molecule has 9 N–H and O–H groups in total. The summed E-state index contributed by atoms with van der Waals surface area (Å²) in [4.78, 5) is 28.8. The number of ether oxygens (including phenoxy) is 1. The second-order valence-corrected chi connectivity index (χ2v) is 8.73. The highest BCUT2D eigenvalue weighted by atomic mass is 32.1. The quantitative estimate of drug-likeness (QED) is 0.242. The first-order chi connectivity index (χ1) is 15.3. The van der Waals surface area contributed by atoms with E-state index in [0.29, 0.717) is 10.5 Å². The SMILES string of the molecule is CC(C)OC(=O)N[C@H](C(=O)N[C@H](C)c1nc2ccc(F)cc2s1)C(C)C.N=C(N)NC(=N)N. The fourth-order valence-corrected chi connectivity index (χ4v) is 3.52. The van der Waals surface area contributed by atoms with E-state index in [9.17, 15) is 14.0 Å². The lowest BCUT2D eigenvalue weighted by Crippen LogP contribution is -2.50. The second-order valence-electron chi connectivity index (χ2n) is 7.67. The van der Waals surface area contributed by atoms with E-state index in [1.54, 1.807) is 26.8 Å². The Morgan fingerprint density at radius 1 is 1.09 bits per heavy atom. The number of fused-ring (bicyclic) bond motifs is 1. The Hall–Kier alpha value is -3.48. The van der Waals surface area contributed by atoms with Crippen LogP contribution in [-0.4, -0.2) is 41.0 Å². The molecule has 0 radical (unpaired) electrons. The lowest BCUT2D eigenvalue weighted by Gasteiger charge is -2.23. The van der Waals surface area contributed by atoms with Gasteiger partial charge >= 0.3 is 6.09 Å². The third-order valence-corrected chi connectivity index (χ3v) is 5.13. The summed E-state index contributed by atoms with van der Waals surface area (Å²) in [5, 5.41) is 21.1. The number of rotatable bonds is 6. The van der Waals surface area contributed by atoms with E-state index >= 15 is 0 Å². The first kappa shape index (κ1) is 27.6. The van der Waals surface area contributed by atoms with Crippen LogP contribution in [0.25, 0.3) is 10.2 Å². The van der Waals surface area contributed by atoms with Crippen LogP contribution in [-0.2, 0) is 9.53 Å². The van der Waals surface area contributed by atoms with E-state index in [1.165, 1.54) is 23.5 Å². The zero-order valence-corrected chi connectivity index (χ0v) is 20.0. The highest BCUT2D eigenvalue weighted by Gasteiger charge is 2.27. The number of thiazole rings is 1. The minimum atomic E-state index is -0.726. The number of carbonyl (C=O) groups is 2. The summed E-state index contributed by atoms with van der Waals surface area (Å²) in [5.41, 5.74) is 10.2. The molecule has 2 atom stereocenters. The molecule has 0 saturated carbocycles. The van der Waals surface area contributed by atoms with Gasteiger partial charge in [-0.3, -0.25) is 20.9 Å². The van der Waals surface area contributed by atoms with Crippen molar-refractivity contribution in [2.75, 3.05) is 0 Å². The molecule has 182 valence electrons. The number of hydrogen-bond donors (Lipinski definition) is 7. The van der Waals surface area contributed by atoms with Crippen LogP contribution in [0.1, 0.15) is 45.7 Å². The molecule has 0 fully saturated rings. The lowest BCUT2D eigenvalue weighted by molar-refractivity contribution is -0.124. The third-order valence-electron chi connectivity index (χ3n) is 3.93. The number of alkyl carbamates (subject to hydrolysis) is 1. The van der Waals surface area contributed by atoms with E-state index in [4.69, 9.17) is 27.0 Å². The van der Waals surface area contributed by atoms with Crippen molar-refractivity contribution in [3.05, 3.63) is 29.0 Å². The van der Waals surface area contributed by atoms with Gasteiger partial charge in [0.1, 0.15) is 16.9 Å². The molecule has 1 aromatic carbocycles. The molecule has 13 heteroatoms. The Kier molecular flexibility index (Phi) is 10.5. The predicted molar refractivity (Wildman–Crippen MR) is 126 cm³/mol. The van der Waals surface area contributed by atoms with Crippen LogP contribution in [0, 0.1) is 22.6 Å². The molecule has 1 heterocycles. The van der Waals surface area contributed by atoms with E-state index < -0.39 is 12.1 Å². The maximum Gasteiger partial charge on any atom is 0.408 e. The first-order valence-corrected chi connectivity index (χ1v) is 10.9. The van der Waals surface area contributed by atoms with Gasteiger partial charge in [-0.15, -0.1) is 11.3 Å². The van der Waals surface area contributed by atoms with Crippen molar-refractivity contribution in [1.82, 2.24) is 20.9 Å². The number of benzene rings is 1. The van der Waals surface area contributed by atoms with Crippen LogP contribution >= 0.6 is 11.3 Å². The Morgan fingerprint density at radius 2 is 1.70 bits per heavy atom.